The Morgan fingerprint density at radius 1 is 0.435 bits per heavy atom. The van der Waals surface area contributed by atoms with Crippen molar-refractivity contribution in [3.05, 3.63) is 78.9 Å². The van der Waals surface area contributed by atoms with Gasteiger partial charge < -0.3 is 5.73 Å². The molecule has 0 aromatic heterocycles. The van der Waals surface area contributed by atoms with Gasteiger partial charge in [-0.1, -0.05) is 42.5 Å². The van der Waals surface area contributed by atoms with E-state index < -0.39 is 0 Å². The zero-order valence-electron chi connectivity index (χ0n) is 12.6. The van der Waals surface area contributed by atoms with Gasteiger partial charge in [0, 0.05) is 5.69 Å². The van der Waals surface area contributed by atoms with Gasteiger partial charge in [0.1, 0.15) is 0 Å². The number of hydrogen-bond acceptors (Lipinski definition) is 1. The van der Waals surface area contributed by atoms with E-state index >= 15 is 0 Å². The second-order valence-electron chi connectivity index (χ2n) is 6.17. The minimum absolute atomic E-state index is 0.809. The van der Waals surface area contributed by atoms with Crippen molar-refractivity contribution >= 4 is 48.8 Å². The van der Waals surface area contributed by atoms with Crippen LogP contribution < -0.4 is 5.73 Å². The van der Waals surface area contributed by atoms with Crippen molar-refractivity contribution in [2.45, 2.75) is 0 Å². The van der Waals surface area contributed by atoms with Crippen molar-refractivity contribution in [2.24, 2.45) is 0 Å². The molecule has 0 spiro atoms. The molecule has 0 amide bonds. The molecular formula is C22H15N. The van der Waals surface area contributed by atoms with Crippen molar-refractivity contribution in [1.82, 2.24) is 0 Å². The van der Waals surface area contributed by atoms with Gasteiger partial charge in [-0.25, -0.2) is 0 Å². The van der Waals surface area contributed by atoms with Crippen LogP contribution >= 0.6 is 0 Å². The molecule has 5 aromatic carbocycles. The molecule has 0 saturated carbocycles. The smallest absolute Gasteiger partial charge is 0.0320 e. The minimum atomic E-state index is 0.809. The maximum atomic E-state index is 5.92. The third-order valence-electron chi connectivity index (χ3n) is 4.68. The van der Waals surface area contributed by atoms with Gasteiger partial charge >= 0.3 is 0 Å². The summed E-state index contributed by atoms with van der Waals surface area (Å²) in [7, 11) is 0. The molecule has 0 fully saturated rings. The summed E-state index contributed by atoms with van der Waals surface area (Å²) in [5.74, 6) is 0. The zero-order valence-corrected chi connectivity index (χ0v) is 12.6. The zero-order chi connectivity index (χ0) is 15.4. The van der Waals surface area contributed by atoms with Crippen LogP contribution in [0.4, 0.5) is 5.69 Å². The highest BCUT2D eigenvalue weighted by Gasteiger charge is 2.04. The normalized spacial score (nSPS) is 11.7. The molecule has 5 rings (SSSR count). The molecule has 0 radical (unpaired) electrons. The van der Waals surface area contributed by atoms with Gasteiger partial charge in [0.2, 0.25) is 0 Å². The number of hydrogen-bond donors (Lipinski definition) is 1. The predicted molar refractivity (Wildman–Crippen MR) is 101 cm³/mol. The highest BCUT2D eigenvalue weighted by molar-refractivity contribution is 6.14. The maximum Gasteiger partial charge on any atom is 0.0320 e. The summed E-state index contributed by atoms with van der Waals surface area (Å²) in [6.07, 6.45) is 0. The van der Waals surface area contributed by atoms with Crippen molar-refractivity contribution < 1.29 is 0 Å². The Morgan fingerprint density at radius 3 is 1.78 bits per heavy atom. The molecule has 0 aliphatic heterocycles. The lowest BCUT2D eigenvalue weighted by atomic mass is 9.96. The first-order valence-electron chi connectivity index (χ1n) is 7.82. The van der Waals surface area contributed by atoms with E-state index in [4.69, 9.17) is 5.73 Å². The summed E-state index contributed by atoms with van der Waals surface area (Å²) in [5.41, 5.74) is 6.73. The van der Waals surface area contributed by atoms with Gasteiger partial charge in [0.05, 0.1) is 0 Å². The van der Waals surface area contributed by atoms with E-state index in [2.05, 4.69) is 66.7 Å². The molecule has 2 N–H and O–H groups in total. The average molecular weight is 293 g/mol. The van der Waals surface area contributed by atoms with Crippen molar-refractivity contribution in [1.29, 1.82) is 0 Å². The molecule has 0 aliphatic carbocycles. The van der Waals surface area contributed by atoms with Crippen molar-refractivity contribution in [2.75, 3.05) is 5.73 Å². The van der Waals surface area contributed by atoms with Crippen molar-refractivity contribution in [3.8, 4) is 0 Å². The third kappa shape index (κ3) is 1.87. The fraction of sp³-hybridized carbons (Fsp3) is 0. The molecule has 108 valence electrons. The van der Waals surface area contributed by atoms with Crippen LogP contribution in [0, 0.1) is 0 Å². The predicted octanol–water partition coefficient (Wildman–Crippen LogP) is 5.88. The molecule has 1 nitrogen and oxygen atoms in total. The molecule has 0 aliphatic rings. The second-order valence-corrected chi connectivity index (χ2v) is 6.17. The summed E-state index contributed by atoms with van der Waals surface area (Å²) in [5, 5.41) is 10.1. The molecule has 0 bridgehead atoms. The molecule has 0 unspecified atom stereocenters. The van der Waals surface area contributed by atoms with Gasteiger partial charge in [0.15, 0.2) is 0 Å². The van der Waals surface area contributed by atoms with Gasteiger partial charge in [-0.2, -0.15) is 0 Å². The molecule has 1 heteroatoms. The van der Waals surface area contributed by atoms with Crippen LogP contribution in [0.15, 0.2) is 78.9 Å². The Kier molecular flexibility index (Phi) is 2.42. The van der Waals surface area contributed by atoms with Gasteiger partial charge in [0.25, 0.3) is 0 Å². The molecule has 5 aromatic rings. The quantitative estimate of drug-likeness (QED) is 0.215. The topological polar surface area (TPSA) is 26.0 Å². The molecular weight excluding hydrogens is 278 g/mol. The number of benzene rings is 5. The second kappa shape index (κ2) is 4.47. The highest BCUT2D eigenvalue weighted by Crippen LogP contribution is 2.32. The Balaban J connectivity index is 1.95. The first kappa shape index (κ1) is 12.5. The summed E-state index contributed by atoms with van der Waals surface area (Å²) >= 11 is 0. The number of nitrogen functional groups attached to an aromatic ring is 1. The number of rotatable bonds is 0. The van der Waals surface area contributed by atoms with E-state index in [0.29, 0.717) is 0 Å². The Hall–Kier alpha value is -3.06. The average Bonchev–Trinajstić information content (AvgIpc) is 2.58. The molecule has 23 heavy (non-hydrogen) atoms. The van der Waals surface area contributed by atoms with Crippen LogP contribution in [0.25, 0.3) is 43.1 Å². The van der Waals surface area contributed by atoms with E-state index in [1.54, 1.807) is 0 Å². The largest absolute Gasteiger partial charge is 0.399 e. The van der Waals surface area contributed by atoms with Crippen LogP contribution in [0.1, 0.15) is 0 Å². The Morgan fingerprint density at radius 2 is 1.04 bits per heavy atom. The molecule has 0 saturated heterocycles. The van der Waals surface area contributed by atoms with Crippen LogP contribution in [0.3, 0.4) is 0 Å². The number of anilines is 1. The summed E-state index contributed by atoms with van der Waals surface area (Å²) in [6, 6.07) is 28.1. The lowest BCUT2D eigenvalue weighted by molar-refractivity contribution is 1.75. The minimum Gasteiger partial charge on any atom is -0.399 e. The van der Waals surface area contributed by atoms with E-state index in [9.17, 15) is 0 Å². The lowest BCUT2D eigenvalue weighted by Gasteiger charge is -2.08. The third-order valence-corrected chi connectivity index (χ3v) is 4.68. The Labute approximate surface area is 133 Å². The Bertz CT molecular complexity index is 1220. The van der Waals surface area contributed by atoms with Crippen LogP contribution in [0.2, 0.25) is 0 Å². The van der Waals surface area contributed by atoms with Crippen molar-refractivity contribution in [3.63, 3.8) is 0 Å². The van der Waals surface area contributed by atoms with E-state index in [1.807, 2.05) is 12.1 Å². The van der Waals surface area contributed by atoms with Gasteiger partial charge in [-0.05, 0) is 79.5 Å². The fourth-order valence-corrected chi connectivity index (χ4v) is 3.52. The summed E-state index contributed by atoms with van der Waals surface area (Å²) < 4.78 is 0. The highest BCUT2D eigenvalue weighted by atomic mass is 14.5. The summed E-state index contributed by atoms with van der Waals surface area (Å²) in [6.45, 7) is 0. The van der Waals surface area contributed by atoms with Crippen LogP contribution in [0.5, 0.6) is 0 Å². The molecule has 0 heterocycles. The summed E-state index contributed by atoms with van der Waals surface area (Å²) in [4.78, 5) is 0. The van der Waals surface area contributed by atoms with E-state index in [1.165, 1.54) is 43.1 Å². The monoisotopic (exact) mass is 293 g/mol. The number of nitrogens with two attached hydrogens (primary N) is 1. The van der Waals surface area contributed by atoms with Gasteiger partial charge in [-0.15, -0.1) is 0 Å². The van der Waals surface area contributed by atoms with E-state index in [0.717, 1.165) is 5.69 Å². The SMILES string of the molecule is Nc1ccc2c(ccc3cc4cc5ccccc5cc4cc32)c1. The van der Waals surface area contributed by atoms with E-state index in [-0.39, 0.29) is 0 Å². The first-order valence-corrected chi connectivity index (χ1v) is 7.82. The van der Waals surface area contributed by atoms with Crippen LogP contribution in [-0.2, 0) is 0 Å². The van der Waals surface area contributed by atoms with Gasteiger partial charge in [-0.3, -0.25) is 0 Å². The van der Waals surface area contributed by atoms with Crippen LogP contribution in [-0.4, -0.2) is 0 Å². The lowest BCUT2D eigenvalue weighted by Crippen LogP contribution is -1.85. The standard InChI is InChI=1S/C22H15N/c23-20-7-8-21-17(12-20)6-5-16-11-18-9-14-3-1-2-4-15(14)10-19(18)13-22(16)21/h1-13H,23H2. The maximum absolute atomic E-state index is 5.92. The first-order chi connectivity index (χ1) is 11.3. The fourth-order valence-electron chi connectivity index (χ4n) is 3.52. The number of fused-ring (bicyclic) bond motifs is 5. The molecule has 0 atom stereocenters.